The second-order valence-corrected chi connectivity index (χ2v) is 7.36. The van der Waals surface area contributed by atoms with Gasteiger partial charge in [-0.2, -0.15) is 0 Å². The third kappa shape index (κ3) is 7.03. The average Bonchev–Trinajstić information content (AvgIpc) is 3.49. The molecule has 1 saturated carbocycles. The first kappa shape index (κ1) is 21.5. The minimum Gasteiger partial charge on any atom is -0.496 e. The molecule has 2 rings (SSSR count). The lowest BCUT2D eigenvalue weighted by molar-refractivity contribution is 0.115. The van der Waals surface area contributed by atoms with E-state index in [1.165, 1.54) is 12.8 Å². The van der Waals surface area contributed by atoms with E-state index in [0.29, 0.717) is 6.54 Å². The van der Waals surface area contributed by atoms with E-state index >= 15 is 0 Å². The average molecular weight is 377 g/mol. The highest BCUT2D eigenvalue weighted by atomic mass is 16.5. The molecule has 1 N–H and O–H groups in total. The van der Waals surface area contributed by atoms with Gasteiger partial charge in [-0.05, 0) is 45.8 Å². The Hall–Kier alpha value is -1.79. The van der Waals surface area contributed by atoms with Crippen molar-refractivity contribution < 1.29 is 9.47 Å². The van der Waals surface area contributed by atoms with E-state index in [0.717, 1.165) is 49.5 Å². The van der Waals surface area contributed by atoms with Gasteiger partial charge in [0.25, 0.3) is 0 Å². The van der Waals surface area contributed by atoms with Crippen LogP contribution in [0.2, 0.25) is 0 Å². The third-order valence-corrected chi connectivity index (χ3v) is 4.85. The predicted molar refractivity (Wildman–Crippen MR) is 112 cm³/mol. The van der Waals surface area contributed by atoms with Gasteiger partial charge in [0.05, 0.1) is 26.3 Å². The van der Waals surface area contributed by atoms with E-state index in [-0.39, 0.29) is 6.04 Å². The summed E-state index contributed by atoms with van der Waals surface area (Å²) >= 11 is 0. The Morgan fingerprint density at radius 1 is 1.26 bits per heavy atom. The van der Waals surface area contributed by atoms with Crippen molar-refractivity contribution in [3.63, 3.8) is 0 Å². The van der Waals surface area contributed by atoms with Gasteiger partial charge in [0.15, 0.2) is 5.96 Å². The summed E-state index contributed by atoms with van der Waals surface area (Å²) in [4.78, 5) is 9.22. The van der Waals surface area contributed by atoms with Crippen LogP contribution in [0, 0.1) is 5.92 Å². The van der Waals surface area contributed by atoms with Gasteiger partial charge in [-0.15, -0.1) is 0 Å². The molecule has 152 valence electrons. The molecular weight excluding hydrogens is 340 g/mol. The second-order valence-electron chi connectivity index (χ2n) is 7.36. The second kappa shape index (κ2) is 11.1. The van der Waals surface area contributed by atoms with Gasteiger partial charge in [0.1, 0.15) is 5.75 Å². The summed E-state index contributed by atoms with van der Waals surface area (Å²) in [5, 5.41) is 3.39. The Bertz CT molecular complexity index is 587. The zero-order valence-corrected chi connectivity index (χ0v) is 17.6. The van der Waals surface area contributed by atoms with Gasteiger partial charge in [0.2, 0.25) is 0 Å². The van der Waals surface area contributed by atoms with Crippen LogP contribution < -0.4 is 10.1 Å². The van der Waals surface area contributed by atoms with Crippen molar-refractivity contribution in [3.05, 3.63) is 29.8 Å². The molecule has 0 radical (unpaired) electrons. The maximum absolute atomic E-state index is 5.77. The van der Waals surface area contributed by atoms with Crippen LogP contribution in [0.1, 0.15) is 31.4 Å². The molecule has 27 heavy (non-hydrogen) atoms. The van der Waals surface area contributed by atoms with E-state index in [9.17, 15) is 0 Å². The molecule has 0 aromatic heterocycles. The molecule has 6 nitrogen and oxygen atoms in total. The van der Waals surface area contributed by atoms with Crippen LogP contribution in [0.25, 0.3) is 0 Å². The number of benzene rings is 1. The summed E-state index contributed by atoms with van der Waals surface area (Å²) in [5.41, 5.74) is 1.15. The summed E-state index contributed by atoms with van der Waals surface area (Å²) in [5.74, 6) is 2.62. The van der Waals surface area contributed by atoms with E-state index in [1.807, 2.05) is 18.2 Å². The highest BCUT2D eigenvalue weighted by Gasteiger charge is 2.21. The van der Waals surface area contributed by atoms with Gasteiger partial charge < -0.3 is 24.6 Å². The van der Waals surface area contributed by atoms with Crippen molar-refractivity contribution in [2.24, 2.45) is 10.9 Å². The lowest BCUT2D eigenvalue weighted by Gasteiger charge is -2.27. The van der Waals surface area contributed by atoms with Gasteiger partial charge >= 0.3 is 0 Å². The third-order valence-electron chi connectivity index (χ3n) is 4.85. The van der Waals surface area contributed by atoms with Gasteiger partial charge in [-0.3, -0.25) is 4.99 Å². The maximum Gasteiger partial charge on any atom is 0.193 e. The fraction of sp³-hybridized carbons (Fsp3) is 0.667. The largest absolute Gasteiger partial charge is 0.496 e. The molecule has 1 aromatic rings. The van der Waals surface area contributed by atoms with Crippen molar-refractivity contribution in [2.45, 2.75) is 25.8 Å². The zero-order chi connectivity index (χ0) is 19.6. The monoisotopic (exact) mass is 376 g/mol. The summed E-state index contributed by atoms with van der Waals surface area (Å²) in [6, 6.07) is 8.31. The number of aliphatic imine (C=N–C) groups is 1. The SMILES string of the molecule is CCNC(=NCC(c1ccccc1OC)N(C)C)N(C)CCOCC1CC1. The van der Waals surface area contributed by atoms with E-state index in [4.69, 9.17) is 14.5 Å². The number of guanidine groups is 1. The minimum absolute atomic E-state index is 0.148. The maximum atomic E-state index is 5.77. The number of methoxy groups -OCH3 is 1. The van der Waals surface area contributed by atoms with Gasteiger partial charge in [-0.1, -0.05) is 18.2 Å². The molecule has 1 unspecified atom stereocenters. The minimum atomic E-state index is 0.148. The van der Waals surface area contributed by atoms with Gasteiger partial charge in [0, 0.05) is 32.3 Å². The van der Waals surface area contributed by atoms with Gasteiger partial charge in [-0.25, -0.2) is 0 Å². The molecule has 1 atom stereocenters. The first-order valence-corrected chi connectivity index (χ1v) is 9.93. The summed E-state index contributed by atoms with van der Waals surface area (Å²) in [7, 11) is 7.94. The van der Waals surface area contributed by atoms with E-state index in [2.05, 4.69) is 49.2 Å². The van der Waals surface area contributed by atoms with E-state index < -0.39 is 0 Å². The highest BCUT2D eigenvalue weighted by Crippen LogP contribution is 2.29. The molecule has 0 bridgehead atoms. The van der Waals surface area contributed by atoms with Crippen molar-refractivity contribution in [1.29, 1.82) is 0 Å². The van der Waals surface area contributed by atoms with Crippen LogP contribution in [0.15, 0.2) is 29.3 Å². The van der Waals surface area contributed by atoms with Crippen LogP contribution in [0.4, 0.5) is 0 Å². The Morgan fingerprint density at radius 3 is 2.63 bits per heavy atom. The molecule has 6 heteroatoms. The number of ether oxygens (including phenoxy) is 2. The Labute approximate surface area is 164 Å². The molecule has 1 aromatic carbocycles. The molecule has 0 spiro atoms. The van der Waals surface area contributed by atoms with Crippen molar-refractivity contribution in [3.8, 4) is 5.75 Å². The summed E-state index contributed by atoms with van der Waals surface area (Å²) in [6.45, 7) is 6.06. The fourth-order valence-electron chi connectivity index (χ4n) is 2.97. The quantitative estimate of drug-likeness (QED) is 0.365. The van der Waals surface area contributed by atoms with Crippen molar-refractivity contribution >= 4 is 5.96 Å². The number of hydrogen-bond acceptors (Lipinski definition) is 4. The standard InChI is InChI=1S/C21H36N4O2/c1-6-22-21(25(4)13-14-27-16-17-11-12-17)23-15-19(24(2)3)18-9-7-8-10-20(18)26-5/h7-10,17,19H,6,11-16H2,1-5H3,(H,22,23). The van der Waals surface area contributed by atoms with Crippen LogP contribution in [-0.4, -0.2) is 76.9 Å². The number of rotatable bonds is 11. The Kier molecular flexibility index (Phi) is 8.88. The Morgan fingerprint density at radius 2 is 2.00 bits per heavy atom. The number of hydrogen-bond donors (Lipinski definition) is 1. The topological polar surface area (TPSA) is 49.3 Å². The zero-order valence-electron chi connectivity index (χ0n) is 17.6. The van der Waals surface area contributed by atoms with Crippen LogP contribution in [0.3, 0.4) is 0 Å². The predicted octanol–water partition coefficient (Wildman–Crippen LogP) is 2.62. The smallest absolute Gasteiger partial charge is 0.193 e. The molecule has 0 amide bonds. The number of likely N-dealkylation sites (N-methyl/N-ethyl adjacent to an activating group) is 2. The molecule has 1 aliphatic carbocycles. The molecule has 1 aliphatic rings. The number of para-hydroxylation sites is 1. The summed E-state index contributed by atoms with van der Waals surface area (Å²) in [6.07, 6.45) is 2.66. The number of nitrogens with one attached hydrogen (secondary N) is 1. The van der Waals surface area contributed by atoms with Crippen LogP contribution in [0.5, 0.6) is 5.75 Å². The number of nitrogens with zero attached hydrogens (tertiary/aromatic N) is 3. The molecule has 0 aliphatic heterocycles. The lowest BCUT2D eigenvalue weighted by atomic mass is 10.0. The fourth-order valence-corrected chi connectivity index (χ4v) is 2.97. The molecular formula is C21H36N4O2. The first-order valence-electron chi connectivity index (χ1n) is 9.93. The first-order chi connectivity index (χ1) is 13.1. The summed E-state index contributed by atoms with van der Waals surface area (Å²) < 4.78 is 11.3. The van der Waals surface area contributed by atoms with Crippen LogP contribution >= 0.6 is 0 Å². The van der Waals surface area contributed by atoms with Crippen LogP contribution in [-0.2, 0) is 4.74 Å². The lowest BCUT2D eigenvalue weighted by Crippen LogP contribution is -2.41. The van der Waals surface area contributed by atoms with Crippen molar-refractivity contribution in [2.75, 3.05) is 61.1 Å². The highest BCUT2D eigenvalue weighted by molar-refractivity contribution is 5.79. The molecule has 0 heterocycles. The Balaban J connectivity index is 2.00. The molecule has 0 saturated heterocycles. The van der Waals surface area contributed by atoms with Crippen molar-refractivity contribution in [1.82, 2.24) is 15.1 Å². The molecule has 1 fully saturated rings. The normalized spacial score (nSPS) is 15.7. The van der Waals surface area contributed by atoms with E-state index in [1.54, 1.807) is 7.11 Å².